The third-order valence-electron chi connectivity index (χ3n) is 1.73. The van der Waals surface area contributed by atoms with Gasteiger partial charge in [0.1, 0.15) is 22.2 Å². The summed E-state index contributed by atoms with van der Waals surface area (Å²) < 4.78 is 0. The molecule has 0 amide bonds. The highest BCUT2D eigenvalue weighted by Crippen LogP contribution is 2.31. The summed E-state index contributed by atoms with van der Waals surface area (Å²) in [5.41, 5.74) is 6.56. The number of hydrogen-bond donors (Lipinski definition) is 1. The molecule has 0 aromatic carbocycles. The normalized spacial score (nSPS) is 10.4. The lowest BCUT2D eigenvalue weighted by molar-refractivity contribution is 0.942. The lowest BCUT2D eigenvalue weighted by Crippen LogP contribution is -1.95. The van der Waals surface area contributed by atoms with E-state index in [2.05, 4.69) is 19.9 Å². The number of nitrogen functional groups attached to an aromatic ring is 1. The lowest BCUT2D eigenvalue weighted by atomic mass is 10.4. The van der Waals surface area contributed by atoms with E-state index in [-0.39, 0.29) is 5.82 Å². The molecular formula is C9H8ClN5S. The van der Waals surface area contributed by atoms with Gasteiger partial charge in [0.2, 0.25) is 0 Å². The molecule has 0 unspecified atom stereocenters. The molecular weight excluding hydrogens is 246 g/mol. The molecule has 16 heavy (non-hydrogen) atoms. The van der Waals surface area contributed by atoms with Gasteiger partial charge in [0.05, 0.1) is 0 Å². The van der Waals surface area contributed by atoms with Crippen LogP contribution in [-0.4, -0.2) is 19.9 Å². The second-order valence-corrected chi connectivity index (χ2v) is 4.36. The van der Waals surface area contributed by atoms with Crippen LogP contribution in [0.3, 0.4) is 0 Å². The molecule has 0 aliphatic rings. The fourth-order valence-electron chi connectivity index (χ4n) is 0.957. The van der Waals surface area contributed by atoms with Gasteiger partial charge in [-0.15, -0.1) is 0 Å². The van der Waals surface area contributed by atoms with Gasteiger partial charge in [-0.05, 0) is 24.2 Å². The predicted molar refractivity (Wildman–Crippen MR) is 62.3 cm³/mol. The maximum Gasteiger partial charge on any atom is 0.193 e. The van der Waals surface area contributed by atoms with Crippen LogP contribution in [-0.2, 0) is 0 Å². The van der Waals surface area contributed by atoms with Crippen molar-refractivity contribution in [2.24, 2.45) is 0 Å². The summed E-state index contributed by atoms with van der Waals surface area (Å²) in [6.07, 6.45) is 4.82. The smallest absolute Gasteiger partial charge is 0.193 e. The first-order valence-electron chi connectivity index (χ1n) is 4.39. The van der Waals surface area contributed by atoms with Crippen LogP contribution in [0.25, 0.3) is 0 Å². The second kappa shape index (κ2) is 4.63. The summed E-state index contributed by atoms with van der Waals surface area (Å²) in [5.74, 6) is 0.256. The topological polar surface area (TPSA) is 77.6 Å². The molecule has 2 aromatic rings. The average Bonchev–Trinajstić information content (AvgIpc) is 2.28. The minimum atomic E-state index is 0.256. The van der Waals surface area contributed by atoms with Gasteiger partial charge in [0, 0.05) is 12.4 Å². The first-order chi connectivity index (χ1) is 7.66. The number of aromatic nitrogens is 4. The zero-order chi connectivity index (χ0) is 11.5. The SMILES string of the molecule is Cc1cnc(Sc2ncnc(N)c2Cl)nc1. The van der Waals surface area contributed by atoms with E-state index in [0.717, 1.165) is 5.56 Å². The molecule has 5 nitrogen and oxygen atoms in total. The Morgan fingerprint density at radius 3 is 2.56 bits per heavy atom. The van der Waals surface area contributed by atoms with E-state index < -0.39 is 0 Å². The number of halogens is 1. The number of anilines is 1. The van der Waals surface area contributed by atoms with Crippen molar-refractivity contribution in [2.75, 3.05) is 5.73 Å². The third kappa shape index (κ3) is 2.40. The summed E-state index contributed by atoms with van der Waals surface area (Å²) >= 11 is 7.20. The molecule has 0 spiro atoms. The van der Waals surface area contributed by atoms with Gasteiger partial charge in [0.15, 0.2) is 5.16 Å². The zero-order valence-corrected chi connectivity index (χ0v) is 9.96. The van der Waals surface area contributed by atoms with E-state index in [0.29, 0.717) is 15.2 Å². The average molecular weight is 254 g/mol. The molecule has 2 N–H and O–H groups in total. The molecule has 0 saturated carbocycles. The number of nitrogens with two attached hydrogens (primary N) is 1. The Hall–Kier alpha value is -1.40. The van der Waals surface area contributed by atoms with Crippen molar-refractivity contribution in [2.45, 2.75) is 17.1 Å². The molecule has 2 aromatic heterocycles. The molecule has 2 rings (SSSR count). The lowest BCUT2D eigenvalue weighted by Gasteiger charge is -2.02. The Balaban J connectivity index is 2.27. The van der Waals surface area contributed by atoms with Crippen molar-refractivity contribution in [3.05, 3.63) is 29.3 Å². The summed E-state index contributed by atoms with van der Waals surface area (Å²) in [5, 5.41) is 1.46. The van der Waals surface area contributed by atoms with Crippen molar-refractivity contribution >= 4 is 29.2 Å². The molecule has 82 valence electrons. The van der Waals surface area contributed by atoms with Crippen molar-refractivity contribution in [3.63, 3.8) is 0 Å². The van der Waals surface area contributed by atoms with Crippen molar-refractivity contribution in [1.29, 1.82) is 0 Å². The Labute approximate surface area is 101 Å². The molecule has 0 atom stereocenters. The van der Waals surface area contributed by atoms with Gasteiger partial charge >= 0.3 is 0 Å². The van der Waals surface area contributed by atoms with Gasteiger partial charge in [-0.25, -0.2) is 19.9 Å². The number of aryl methyl sites for hydroxylation is 1. The first-order valence-corrected chi connectivity index (χ1v) is 5.58. The highest BCUT2D eigenvalue weighted by Gasteiger charge is 2.09. The fraction of sp³-hybridized carbons (Fsp3) is 0.111. The Morgan fingerprint density at radius 1 is 1.19 bits per heavy atom. The Bertz CT molecular complexity index is 502. The van der Waals surface area contributed by atoms with Crippen molar-refractivity contribution in [1.82, 2.24) is 19.9 Å². The molecule has 0 fully saturated rings. The maximum atomic E-state index is 5.95. The summed E-state index contributed by atoms with van der Waals surface area (Å²) in [6.45, 7) is 1.92. The van der Waals surface area contributed by atoms with Crippen LogP contribution in [0.15, 0.2) is 28.9 Å². The molecule has 0 saturated heterocycles. The fourth-order valence-corrected chi connectivity index (χ4v) is 1.85. The van der Waals surface area contributed by atoms with E-state index >= 15 is 0 Å². The van der Waals surface area contributed by atoms with Gasteiger partial charge in [-0.3, -0.25) is 0 Å². The molecule has 0 aliphatic heterocycles. The number of nitrogens with zero attached hydrogens (tertiary/aromatic N) is 4. The van der Waals surface area contributed by atoms with Crippen LogP contribution in [0.4, 0.5) is 5.82 Å². The number of hydrogen-bond acceptors (Lipinski definition) is 6. The molecule has 0 bridgehead atoms. The van der Waals surface area contributed by atoms with Crippen LogP contribution in [0, 0.1) is 6.92 Å². The second-order valence-electron chi connectivity index (χ2n) is 3.02. The first kappa shape index (κ1) is 11.1. The molecule has 7 heteroatoms. The minimum Gasteiger partial charge on any atom is -0.382 e. The molecule has 0 radical (unpaired) electrons. The quantitative estimate of drug-likeness (QED) is 0.651. The van der Waals surface area contributed by atoms with E-state index in [4.69, 9.17) is 17.3 Å². The van der Waals surface area contributed by atoms with Crippen molar-refractivity contribution < 1.29 is 0 Å². The van der Waals surface area contributed by atoms with Gasteiger partial charge in [0.25, 0.3) is 0 Å². The summed E-state index contributed by atoms with van der Waals surface area (Å²) in [7, 11) is 0. The highest BCUT2D eigenvalue weighted by molar-refractivity contribution is 7.99. The largest absolute Gasteiger partial charge is 0.382 e. The van der Waals surface area contributed by atoms with Crippen LogP contribution in [0.5, 0.6) is 0 Å². The molecule has 0 aliphatic carbocycles. The van der Waals surface area contributed by atoms with E-state index in [9.17, 15) is 0 Å². The van der Waals surface area contributed by atoms with Gasteiger partial charge < -0.3 is 5.73 Å². The van der Waals surface area contributed by atoms with Crippen LogP contribution >= 0.6 is 23.4 Å². The minimum absolute atomic E-state index is 0.256. The summed E-state index contributed by atoms with van der Waals surface area (Å²) in [4.78, 5) is 16.1. The van der Waals surface area contributed by atoms with Crippen LogP contribution in [0.1, 0.15) is 5.56 Å². The monoisotopic (exact) mass is 253 g/mol. The van der Waals surface area contributed by atoms with E-state index in [1.807, 2.05) is 6.92 Å². The Morgan fingerprint density at radius 2 is 1.88 bits per heavy atom. The molecule has 2 heterocycles. The maximum absolute atomic E-state index is 5.95. The number of rotatable bonds is 2. The van der Waals surface area contributed by atoms with Crippen LogP contribution < -0.4 is 5.73 Å². The van der Waals surface area contributed by atoms with Crippen molar-refractivity contribution in [3.8, 4) is 0 Å². The van der Waals surface area contributed by atoms with Gasteiger partial charge in [-0.2, -0.15) is 0 Å². The third-order valence-corrected chi connectivity index (χ3v) is 3.11. The predicted octanol–water partition coefficient (Wildman–Crippen LogP) is 1.96. The van der Waals surface area contributed by atoms with Crippen LogP contribution in [0.2, 0.25) is 5.02 Å². The van der Waals surface area contributed by atoms with E-state index in [1.165, 1.54) is 18.1 Å². The highest BCUT2D eigenvalue weighted by atomic mass is 35.5. The zero-order valence-electron chi connectivity index (χ0n) is 8.38. The van der Waals surface area contributed by atoms with E-state index in [1.54, 1.807) is 12.4 Å². The van der Waals surface area contributed by atoms with Gasteiger partial charge in [-0.1, -0.05) is 11.6 Å². The summed E-state index contributed by atoms with van der Waals surface area (Å²) in [6, 6.07) is 0. The standard InChI is InChI=1S/C9H8ClN5S/c1-5-2-12-9(13-3-5)16-8-6(10)7(11)14-4-15-8/h2-4H,1H3,(H2,11,14,15). The Kier molecular flexibility index (Phi) is 3.21.